The Morgan fingerprint density at radius 3 is 3.00 bits per heavy atom. The highest BCUT2D eigenvalue weighted by Gasteiger charge is 2.09. The molecule has 4 heteroatoms. The zero-order valence-corrected chi connectivity index (χ0v) is 8.60. The molecule has 1 N–H and O–H groups in total. The Morgan fingerprint density at radius 1 is 1.71 bits per heavy atom. The number of aryl methyl sites for hydroxylation is 1. The predicted molar refractivity (Wildman–Crippen MR) is 53.1 cm³/mol. The van der Waals surface area contributed by atoms with Gasteiger partial charge >= 0.3 is 0 Å². The van der Waals surface area contributed by atoms with Crippen molar-refractivity contribution in [1.29, 1.82) is 0 Å². The first-order chi connectivity index (χ1) is 6.65. The van der Waals surface area contributed by atoms with Gasteiger partial charge in [-0.05, 0) is 19.4 Å². The number of rotatable bonds is 5. The number of Topliss-reactive ketones (excluding diaryl/α,β-unsaturated/α-hetero) is 1. The molecular weight excluding hydrogens is 180 g/mol. The highest BCUT2D eigenvalue weighted by Crippen LogP contribution is 2.04. The van der Waals surface area contributed by atoms with E-state index in [0.717, 1.165) is 0 Å². The van der Waals surface area contributed by atoms with E-state index in [4.69, 9.17) is 5.11 Å². The van der Waals surface area contributed by atoms with E-state index < -0.39 is 0 Å². The van der Waals surface area contributed by atoms with Gasteiger partial charge in [0.15, 0.2) is 5.78 Å². The van der Waals surface area contributed by atoms with Crippen molar-refractivity contribution in [3.8, 4) is 0 Å². The number of ketones is 1. The van der Waals surface area contributed by atoms with Crippen LogP contribution in [0.15, 0.2) is 12.3 Å². The molecule has 0 radical (unpaired) electrons. The molecule has 1 unspecified atom stereocenters. The number of carbonyl (C=O) groups is 1. The maximum absolute atomic E-state index is 11.4. The summed E-state index contributed by atoms with van der Waals surface area (Å²) in [5.41, 5.74) is 0.633. The first kappa shape index (κ1) is 10.9. The Hall–Kier alpha value is -1.16. The first-order valence-corrected chi connectivity index (χ1v) is 4.88. The molecule has 78 valence electrons. The van der Waals surface area contributed by atoms with Crippen LogP contribution in [-0.2, 0) is 6.54 Å². The predicted octanol–water partition coefficient (Wildman–Crippen LogP) is 1.25. The highest BCUT2D eigenvalue weighted by atomic mass is 16.3. The van der Waals surface area contributed by atoms with Crippen molar-refractivity contribution < 1.29 is 9.90 Å². The van der Waals surface area contributed by atoms with Gasteiger partial charge in [-0.15, -0.1) is 0 Å². The molecule has 4 nitrogen and oxygen atoms in total. The van der Waals surface area contributed by atoms with Crippen molar-refractivity contribution in [2.75, 3.05) is 0 Å². The second kappa shape index (κ2) is 4.91. The summed E-state index contributed by atoms with van der Waals surface area (Å²) in [6.45, 7) is 4.14. The Bertz CT molecular complexity index is 305. The fourth-order valence-corrected chi connectivity index (χ4v) is 1.24. The van der Waals surface area contributed by atoms with Gasteiger partial charge in [0.25, 0.3) is 0 Å². The van der Waals surface area contributed by atoms with Crippen molar-refractivity contribution in [1.82, 2.24) is 9.78 Å². The lowest BCUT2D eigenvalue weighted by Gasteiger charge is -2.07. The molecule has 0 aliphatic heterocycles. The minimum Gasteiger partial charge on any atom is -0.393 e. The van der Waals surface area contributed by atoms with E-state index in [1.54, 1.807) is 23.9 Å². The van der Waals surface area contributed by atoms with Gasteiger partial charge in [0.1, 0.15) is 5.69 Å². The molecule has 0 amide bonds. The molecule has 1 atom stereocenters. The molecule has 0 spiro atoms. The Kier molecular flexibility index (Phi) is 3.83. The van der Waals surface area contributed by atoms with Crippen molar-refractivity contribution in [3.63, 3.8) is 0 Å². The number of hydrogen-bond acceptors (Lipinski definition) is 3. The molecule has 0 bridgehead atoms. The lowest BCUT2D eigenvalue weighted by Crippen LogP contribution is -2.13. The minimum absolute atomic E-state index is 0.0908. The molecular formula is C10H16N2O2. The van der Waals surface area contributed by atoms with Crippen molar-refractivity contribution in [3.05, 3.63) is 18.0 Å². The van der Waals surface area contributed by atoms with Crippen LogP contribution in [0.1, 0.15) is 37.2 Å². The van der Waals surface area contributed by atoms with Crippen molar-refractivity contribution in [2.24, 2.45) is 0 Å². The first-order valence-electron chi connectivity index (χ1n) is 4.88. The van der Waals surface area contributed by atoms with Gasteiger partial charge in [-0.3, -0.25) is 9.48 Å². The molecule has 0 fully saturated rings. The third-order valence-corrected chi connectivity index (χ3v) is 2.08. The second-order valence-corrected chi connectivity index (χ2v) is 3.35. The number of aliphatic hydroxyl groups excluding tert-OH is 1. The summed E-state index contributed by atoms with van der Waals surface area (Å²) in [7, 11) is 0. The molecule has 1 aromatic rings. The summed E-state index contributed by atoms with van der Waals surface area (Å²) in [4.78, 5) is 11.4. The Balaban J connectivity index is 2.67. The fraction of sp³-hybridized carbons (Fsp3) is 0.600. The Labute approximate surface area is 83.5 Å². The average molecular weight is 196 g/mol. The molecule has 1 heterocycles. The van der Waals surface area contributed by atoms with E-state index in [1.807, 2.05) is 6.92 Å². The van der Waals surface area contributed by atoms with Gasteiger partial charge in [0.05, 0.1) is 6.10 Å². The Morgan fingerprint density at radius 2 is 2.43 bits per heavy atom. The fourth-order valence-electron chi connectivity index (χ4n) is 1.24. The van der Waals surface area contributed by atoms with E-state index in [9.17, 15) is 4.79 Å². The number of hydrogen-bond donors (Lipinski definition) is 1. The van der Waals surface area contributed by atoms with E-state index in [1.165, 1.54) is 0 Å². The van der Waals surface area contributed by atoms with Gasteiger partial charge in [0.2, 0.25) is 0 Å². The summed E-state index contributed by atoms with van der Waals surface area (Å²) in [6, 6.07) is 1.72. The number of carbonyl (C=O) groups excluding carboxylic acids is 1. The van der Waals surface area contributed by atoms with Crippen LogP contribution in [0.2, 0.25) is 0 Å². The maximum Gasteiger partial charge on any atom is 0.180 e. The van der Waals surface area contributed by atoms with Crippen LogP contribution >= 0.6 is 0 Å². The van der Waals surface area contributed by atoms with Crippen LogP contribution in [-0.4, -0.2) is 26.8 Å². The van der Waals surface area contributed by atoms with E-state index in [-0.39, 0.29) is 11.9 Å². The quantitative estimate of drug-likeness (QED) is 0.721. The number of aliphatic hydroxyl groups is 1. The number of aromatic nitrogens is 2. The normalized spacial score (nSPS) is 12.8. The standard InChI is InChI=1S/C10H16N2O2/c1-3-10(14)9-4-6-11-12(9)7-5-8(2)13/h4,6,8,13H,3,5,7H2,1-2H3. The van der Waals surface area contributed by atoms with Crippen LogP contribution in [0.3, 0.4) is 0 Å². The van der Waals surface area contributed by atoms with Crippen LogP contribution in [0, 0.1) is 0 Å². The average Bonchev–Trinajstić information content (AvgIpc) is 2.61. The SMILES string of the molecule is CCC(=O)c1ccnn1CCC(C)O. The van der Waals surface area contributed by atoms with Crippen LogP contribution < -0.4 is 0 Å². The molecule has 0 saturated heterocycles. The lowest BCUT2D eigenvalue weighted by molar-refractivity contribution is 0.0975. The summed E-state index contributed by atoms with van der Waals surface area (Å²) in [5, 5.41) is 13.2. The molecule has 0 aromatic carbocycles. The lowest BCUT2D eigenvalue weighted by atomic mass is 10.2. The molecule has 0 aliphatic carbocycles. The van der Waals surface area contributed by atoms with Crippen LogP contribution in [0.25, 0.3) is 0 Å². The minimum atomic E-state index is -0.358. The largest absolute Gasteiger partial charge is 0.393 e. The van der Waals surface area contributed by atoms with Crippen molar-refractivity contribution >= 4 is 5.78 Å². The van der Waals surface area contributed by atoms with Crippen LogP contribution in [0.4, 0.5) is 0 Å². The second-order valence-electron chi connectivity index (χ2n) is 3.35. The molecule has 1 aromatic heterocycles. The molecule has 14 heavy (non-hydrogen) atoms. The zero-order valence-electron chi connectivity index (χ0n) is 8.60. The van der Waals surface area contributed by atoms with Crippen LogP contribution in [0.5, 0.6) is 0 Å². The highest BCUT2D eigenvalue weighted by molar-refractivity contribution is 5.94. The van der Waals surface area contributed by atoms with Gasteiger partial charge in [-0.1, -0.05) is 6.92 Å². The van der Waals surface area contributed by atoms with E-state index in [0.29, 0.717) is 25.1 Å². The summed E-state index contributed by atoms with van der Waals surface area (Å²) in [6.07, 6.45) is 2.36. The molecule has 1 rings (SSSR count). The summed E-state index contributed by atoms with van der Waals surface area (Å²) >= 11 is 0. The van der Waals surface area contributed by atoms with E-state index in [2.05, 4.69) is 5.10 Å². The smallest absolute Gasteiger partial charge is 0.180 e. The molecule has 0 aliphatic rings. The summed E-state index contributed by atoms with van der Waals surface area (Å²) < 4.78 is 1.65. The third-order valence-electron chi connectivity index (χ3n) is 2.08. The molecule has 0 saturated carbocycles. The zero-order chi connectivity index (χ0) is 10.6. The number of nitrogens with zero attached hydrogens (tertiary/aromatic N) is 2. The monoisotopic (exact) mass is 196 g/mol. The maximum atomic E-state index is 11.4. The van der Waals surface area contributed by atoms with Gasteiger partial charge in [-0.2, -0.15) is 5.10 Å². The van der Waals surface area contributed by atoms with Gasteiger partial charge < -0.3 is 5.11 Å². The van der Waals surface area contributed by atoms with Gasteiger partial charge in [-0.25, -0.2) is 0 Å². The van der Waals surface area contributed by atoms with E-state index >= 15 is 0 Å². The van der Waals surface area contributed by atoms with Gasteiger partial charge in [0, 0.05) is 19.2 Å². The topological polar surface area (TPSA) is 55.1 Å². The third kappa shape index (κ3) is 2.67. The van der Waals surface area contributed by atoms with Crippen molar-refractivity contribution in [2.45, 2.75) is 39.3 Å². The summed E-state index contributed by atoms with van der Waals surface area (Å²) in [5.74, 6) is 0.0908.